The monoisotopic (exact) mass is 429 g/mol. The molecule has 0 aromatic heterocycles. The Kier molecular flexibility index (Phi) is 8.93. The van der Waals surface area contributed by atoms with Crippen LogP contribution in [0.2, 0.25) is 0 Å². The van der Waals surface area contributed by atoms with Crippen molar-refractivity contribution in [2.24, 2.45) is 0 Å². The van der Waals surface area contributed by atoms with E-state index in [1.54, 1.807) is 27.7 Å². The summed E-state index contributed by atoms with van der Waals surface area (Å²) in [5.74, 6) is -0.608. The Morgan fingerprint density at radius 3 is 1.52 bits per heavy atom. The first kappa shape index (κ1) is 23.5. The molecule has 0 N–H and O–H groups in total. The maximum Gasteiger partial charge on any atom is 0.360 e. The van der Waals surface area contributed by atoms with Crippen molar-refractivity contribution in [1.82, 2.24) is 4.90 Å². The molecule has 1 spiro atoms. The first-order chi connectivity index (χ1) is 12.9. The van der Waals surface area contributed by atoms with Crippen LogP contribution < -0.4 is 0 Å². The van der Waals surface area contributed by atoms with E-state index in [1.807, 2.05) is 4.90 Å². The van der Waals surface area contributed by atoms with Crippen molar-refractivity contribution in [3.05, 3.63) is 0 Å². The van der Waals surface area contributed by atoms with E-state index in [-0.39, 0.29) is 26.4 Å². The molecule has 2 aliphatic rings. The lowest BCUT2D eigenvalue weighted by Crippen LogP contribution is -2.49. The smallest absolute Gasteiger partial charge is 0.347 e. The van der Waals surface area contributed by atoms with E-state index in [4.69, 9.17) is 27.6 Å². The lowest BCUT2D eigenvalue weighted by molar-refractivity contribution is -0.185. The molecule has 9 nitrogen and oxygen atoms in total. The van der Waals surface area contributed by atoms with Gasteiger partial charge in [0.05, 0.1) is 39.6 Å². The molecule has 27 heavy (non-hydrogen) atoms. The SMILES string of the molecule is CCOP(=O)(OCC)C(N1CCC2(CC1)OCCO2)P(=O)(OCC)OCC. The van der Waals surface area contributed by atoms with Gasteiger partial charge in [-0.25, -0.2) is 0 Å². The van der Waals surface area contributed by atoms with Crippen LogP contribution in [0.25, 0.3) is 0 Å². The highest BCUT2D eigenvalue weighted by atomic mass is 31.2. The van der Waals surface area contributed by atoms with Gasteiger partial charge in [-0.2, -0.15) is 0 Å². The molecule has 0 unspecified atom stereocenters. The van der Waals surface area contributed by atoms with Crippen molar-refractivity contribution in [2.45, 2.75) is 51.8 Å². The minimum absolute atomic E-state index is 0.163. The summed E-state index contributed by atoms with van der Waals surface area (Å²) in [5, 5.41) is 0. The Bertz CT molecular complexity index is 495. The zero-order chi connectivity index (χ0) is 20.0. The van der Waals surface area contributed by atoms with E-state index in [2.05, 4.69) is 0 Å². The molecule has 0 aromatic rings. The van der Waals surface area contributed by atoms with Gasteiger partial charge in [-0.15, -0.1) is 0 Å². The van der Waals surface area contributed by atoms with E-state index in [9.17, 15) is 9.13 Å². The molecule has 0 aliphatic carbocycles. The van der Waals surface area contributed by atoms with Crippen LogP contribution in [-0.4, -0.2) is 68.9 Å². The summed E-state index contributed by atoms with van der Waals surface area (Å²) >= 11 is 0. The number of hydrogen-bond acceptors (Lipinski definition) is 9. The quantitative estimate of drug-likeness (QED) is 0.456. The third kappa shape index (κ3) is 5.41. The standard InChI is InChI=1S/C16H33NO8P2/c1-5-22-26(18,23-6-2)15(27(19,24-7-3)25-8-4)17-11-9-16(10-12-17)20-13-14-21-16/h15H,5-14H2,1-4H3. The van der Waals surface area contributed by atoms with Gasteiger partial charge in [0.1, 0.15) is 0 Å². The highest BCUT2D eigenvalue weighted by molar-refractivity contribution is 7.72. The zero-order valence-electron chi connectivity index (χ0n) is 16.8. The second kappa shape index (κ2) is 10.3. The molecule has 2 fully saturated rings. The molecule has 160 valence electrons. The fourth-order valence-electron chi connectivity index (χ4n) is 3.52. The van der Waals surface area contributed by atoms with Gasteiger partial charge in [-0.3, -0.25) is 14.0 Å². The van der Waals surface area contributed by atoms with Crippen LogP contribution in [0.15, 0.2) is 0 Å². The Morgan fingerprint density at radius 2 is 1.19 bits per heavy atom. The first-order valence-corrected chi connectivity index (χ1v) is 12.9. The van der Waals surface area contributed by atoms with Crippen LogP contribution in [0.4, 0.5) is 0 Å². The van der Waals surface area contributed by atoms with Gasteiger partial charge in [0.15, 0.2) is 5.79 Å². The lowest BCUT2D eigenvalue weighted by atomic mass is 10.0. The molecular formula is C16H33NO8P2. The van der Waals surface area contributed by atoms with Crippen molar-refractivity contribution in [3.8, 4) is 0 Å². The van der Waals surface area contributed by atoms with E-state index in [0.29, 0.717) is 39.1 Å². The van der Waals surface area contributed by atoms with Gasteiger partial charge in [-0.05, 0) is 27.7 Å². The van der Waals surface area contributed by atoms with Crippen LogP contribution in [0.5, 0.6) is 0 Å². The largest absolute Gasteiger partial charge is 0.360 e. The maximum absolute atomic E-state index is 13.6. The number of likely N-dealkylation sites (tertiary alicyclic amines) is 1. The maximum atomic E-state index is 13.6. The molecule has 0 radical (unpaired) electrons. The van der Waals surface area contributed by atoms with Crippen molar-refractivity contribution >= 4 is 15.2 Å². The summed E-state index contributed by atoms with van der Waals surface area (Å²) in [7, 11) is -7.58. The molecule has 0 amide bonds. The van der Waals surface area contributed by atoms with Crippen LogP contribution in [-0.2, 0) is 36.7 Å². The number of ether oxygens (including phenoxy) is 2. The van der Waals surface area contributed by atoms with Gasteiger partial charge >= 0.3 is 15.2 Å². The van der Waals surface area contributed by atoms with Crippen molar-refractivity contribution in [3.63, 3.8) is 0 Å². The van der Waals surface area contributed by atoms with Gasteiger partial charge in [0.25, 0.3) is 0 Å². The number of hydrogen-bond donors (Lipinski definition) is 0. The third-order valence-corrected chi connectivity index (χ3v) is 10.5. The molecule has 0 bridgehead atoms. The average molecular weight is 429 g/mol. The molecule has 0 atom stereocenters. The number of nitrogens with zero attached hydrogens (tertiary/aromatic N) is 1. The van der Waals surface area contributed by atoms with Crippen molar-refractivity contribution in [2.75, 3.05) is 52.7 Å². The Balaban J connectivity index is 2.33. The zero-order valence-corrected chi connectivity index (χ0v) is 18.5. The minimum atomic E-state index is -3.79. The predicted octanol–water partition coefficient (Wildman–Crippen LogP) is 3.64. The molecule has 2 rings (SSSR count). The normalized spacial score (nSPS) is 21.4. The van der Waals surface area contributed by atoms with Crippen LogP contribution in [0, 0.1) is 0 Å². The molecule has 2 heterocycles. The summed E-state index contributed by atoms with van der Waals surface area (Å²) in [6, 6.07) is 0. The van der Waals surface area contributed by atoms with Crippen LogP contribution in [0.1, 0.15) is 40.5 Å². The molecular weight excluding hydrogens is 396 g/mol. The summed E-state index contributed by atoms with van der Waals surface area (Å²) in [6.07, 6.45) is 1.14. The van der Waals surface area contributed by atoms with Gasteiger partial charge in [-0.1, -0.05) is 0 Å². The van der Waals surface area contributed by atoms with Crippen LogP contribution >= 0.6 is 15.2 Å². The molecule has 2 aliphatic heterocycles. The minimum Gasteiger partial charge on any atom is -0.347 e. The molecule has 0 aromatic carbocycles. The third-order valence-electron chi connectivity index (χ3n) is 4.50. The fraction of sp³-hybridized carbons (Fsp3) is 1.00. The van der Waals surface area contributed by atoms with E-state index in [0.717, 1.165) is 0 Å². The van der Waals surface area contributed by atoms with E-state index in [1.165, 1.54) is 0 Å². The Morgan fingerprint density at radius 1 is 0.815 bits per heavy atom. The topological polar surface area (TPSA) is 92.8 Å². The average Bonchev–Trinajstić information content (AvgIpc) is 3.06. The first-order valence-electron chi connectivity index (χ1n) is 9.68. The summed E-state index contributed by atoms with van der Waals surface area (Å²) in [4.78, 5) is 1.83. The fourth-order valence-corrected chi connectivity index (χ4v) is 9.08. The Labute approximate surface area is 162 Å². The molecule has 2 saturated heterocycles. The number of rotatable bonds is 11. The van der Waals surface area contributed by atoms with Gasteiger partial charge < -0.3 is 27.6 Å². The van der Waals surface area contributed by atoms with Crippen molar-refractivity contribution in [1.29, 1.82) is 0 Å². The van der Waals surface area contributed by atoms with E-state index < -0.39 is 26.5 Å². The number of piperidine rings is 1. The van der Waals surface area contributed by atoms with Crippen molar-refractivity contribution < 1.29 is 36.7 Å². The second-order valence-electron chi connectivity index (χ2n) is 6.24. The lowest BCUT2D eigenvalue weighted by Gasteiger charge is -2.43. The summed E-state index contributed by atoms with van der Waals surface area (Å²) in [6.45, 7) is 9.59. The highest BCUT2D eigenvalue weighted by Crippen LogP contribution is 2.71. The van der Waals surface area contributed by atoms with E-state index >= 15 is 0 Å². The molecule has 0 saturated carbocycles. The summed E-state index contributed by atoms with van der Waals surface area (Å²) in [5.41, 5.74) is -1.12. The summed E-state index contributed by atoms with van der Waals surface area (Å²) < 4.78 is 61.0. The molecule has 11 heteroatoms. The Hall–Kier alpha value is 0.180. The second-order valence-corrected chi connectivity index (χ2v) is 10.8. The van der Waals surface area contributed by atoms with Gasteiger partial charge in [0.2, 0.25) is 5.52 Å². The van der Waals surface area contributed by atoms with Crippen LogP contribution in [0.3, 0.4) is 0 Å². The highest BCUT2D eigenvalue weighted by Gasteiger charge is 2.56. The predicted molar refractivity (Wildman–Crippen MR) is 101 cm³/mol. The van der Waals surface area contributed by atoms with Gasteiger partial charge in [0, 0.05) is 25.9 Å².